The van der Waals surface area contributed by atoms with Gasteiger partial charge in [0, 0.05) is 18.0 Å². The number of rotatable bonds is 11. The van der Waals surface area contributed by atoms with Crippen molar-refractivity contribution in [2.75, 3.05) is 26.2 Å². The maximum atomic E-state index is 12.2. The molecule has 46 heavy (non-hydrogen) atoms. The second-order valence-corrected chi connectivity index (χ2v) is 13.0. The van der Waals surface area contributed by atoms with Gasteiger partial charge in [-0.3, -0.25) is 4.90 Å². The maximum Gasteiger partial charge on any atom is 0.119 e. The summed E-state index contributed by atoms with van der Waals surface area (Å²) in [7, 11) is 0. The van der Waals surface area contributed by atoms with Gasteiger partial charge in [-0.2, -0.15) is 0 Å². The van der Waals surface area contributed by atoms with E-state index in [2.05, 4.69) is 4.90 Å². The minimum Gasteiger partial charge on any atom is -0.492 e. The molecule has 0 saturated carbocycles. The molecule has 1 unspecified atom stereocenters. The molecule has 5 heteroatoms. The molecule has 0 amide bonds. The molecule has 5 aromatic carbocycles. The van der Waals surface area contributed by atoms with Crippen LogP contribution in [0.4, 0.5) is 0 Å². The lowest BCUT2D eigenvalue weighted by atomic mass is 9.72. The molecule has 5 aromatic rings. The third kappa shape index (κ3) is 7.06. The van der Waals surface area contributed by atoms with Gasteiger partial charge in [-0.05, 0) is 90.9 Å². The third-order valence-electron chi connectivity index (χ3n) is 9.52. The van der Waals surface area contributed by atoms with Gasteiger partial charge >= 0.3 is 0 Å². The summed E-state index contributed by atoms with van der Waals surface area (Å²) in [5.41, 5.74) is 3.49. The van der Waals surface area contributed by atoms with Crippen molar-refractivity contribution >= 4 is 11.6 Å². The van der Waals surface area contributed by atoms with Gasteiger partial charge < -0.3 is 14.9 Å². The van der Waals surface area contributed by atoms with Crippen LogP contribution in [0.3, 0.4) is 0 Å². The number of likely N-dealkylation sites (tertiary alicyclic amines) is 1. The zero-order valence-corrected chi connectivity index (χ0v) is 27.1. The van der Waals surface area contributed by atoms with Gasteiger partial charge in [-0.1, -0.05) is 126 Å². The molecule has 4 nitrogen and oxygen atoms in total. The number of halogens is 1. The van der Waals surface area contributed by atoms with Crippen LogP contribution in [-0.4, -0.2) is 41.4 Å². The van der Waals surface area contributed by atoms with Crippen molar-refractivity contribution < 1.29 is 14.9 Å². The van der Waals surface area contributed by atoms with Crippen molar-refractivity contribution in [3.05, 3.63) is 172 Å². The van der Waals surface area contributed by atoms with E-state index < -0.39 is 11.2 Å². The predicted octanol–water partition coefficient (Wildman–Crippen LogP) is 8.15. The molecule has 2 N–H and O–H groups in total. The SMILES string of the molecule is Cc1ccc(C(O)(Cc2ccc(Cl)cc2)c2ccc(OCCN3CCC(C(O)(c4ccccc4)c4ccccc4)CC3)cc2)cc1. The van der Waals surface area contributed by atoms with Gasteiger partial charge in [0.1, 0.15) is 23.6 Å². The highest BCUT2D eigenvalue weighted by atomic mass is 35.5. The normalized spacial score (nSPS) is 15.7. The van der Waals surface area contributed by atoms with Crippen LogP contribution in [0.2, 0.25) is 5.02 Å². The van der Waals surface area contributed by atoms with E-state index in [-0.39, 0.29) is 5.92 Å². The number of piperidine rings is 1. The zero-order chi connectivity index (χ0) is 32.0. The van der Waals surface area contributed by atoms with Crippen LogP contribution in [0, 0.1) is 12.8 Å². The lowest BCUT2D eigenvalue weighted by Crippen LogP contribution is -2.45. The largest absolute Gasteiger partial charge is 0.492 e. The van der Waals surface area contributed by atoms with E-state index in [1.807, 2.05) is 140 Å². The summed E-state index contributed by atoms with van der Waals surface area (Å²) in [6.07, 6.45) is 2.23. The average Bonchev–Trinajstić information content (AvgIpc) is 3.10. The molecule has 1 aliphatic rings. The van der Waals surface area contributed by atoms with Crippen molar-refractivity contribution in [2.24, 2.45) is 5.92 Å². The zero-order valence-electron chi connectivity index (χ0n) is 26.4. The first-order valence-corrected chi connectivity index (χ1v) is 16.6. The fourth-order valence-corrected chi connectivity index (χ4v) is 6.94. The van der Waals surface area contributed by atoms with Gasteiger partial charge in [-0.15, -0.1) is 0 Å². The number of hydrogen-bond donors (Lipinski definition) is 2. The van der Waals surface area contributed by atoms with Crippen LogP contribution < -0.4 is 4.74 Å². The summed E-state index contributed by atoms with van der Waals surface area (Å²) in [5.74, 6) is 0.904. The molecular formula is C41H42ClNO3. The first-order chi connectivity index (χ1) is 22.3. The monoisotopic (exact) mass is 631 g/mol. The van der Waals surface area contributed by atoms with Gasteiger partial charge in [0.05, 0.1) is 0 Å². The Morgan fingerprint density at radius 1 is 0.674 bits per heavy atom. The molecule has 1 aliphatic heterocycles. The predicted molar refractivity (Wildman–Crippen MR) is 186 cm³/mol. The highest BCUT2D eigenvalue weighted by Crippen LogP contribution is 2.42. The van der Waals surface area contributed by atoms with Crippen LogP contribution in [-0.2, 0) is 17.6 Å². The van der Waals surface area contributed by atoms with Crippen LogP contribution in [0.1, 0.15) is 46.2 Å². The molecule has 1 heterocycles. The molecule has 0 bridgehead atoms. The van der Waals surface area contributed by atoms with Gasteiger partial charge in [0.25, 0.3) is 0 Å². The standard InChI is InChI=1S/C41H42ClNO3/c1-31-12-16-33(17-13-31)40(44,30-32-14-20-38(42)21-15-32)34-18-22-39(23-19-34)46-29-28-43-26-24-37(25-27-43)41(45,35-8-4-2-5-9-35)36-10-6-3-7-11-36/h2-23,37,44-45H,24-30H2,1H3. The number of hydrogen-bond acceptors (Lipinski definition) is 4. The van der Waals surface area contributed by atoms with Crippen LogP contribution in [0.15, 0.2) is 133 Å². The summed E-state index contributed by atoms with van der Waals surface area (Å²) < 4.78 is 6.17. The number of ether oxygens (including phenoxy) is 1. The highest BCUT2D eigenvalue weighted by molar-refractivity contribution is 6.30. The topological polar surface area (TPSA) is 52.9 Å². The summed E-state index contributed by atoms with van der Waals surface area (Å²) in [4.78, 5) is 2.42. The molecule has 0 spiro atoms. The molecule has 1 atom stereocenters. The second kappa shape index (κ2) is 14.2. The Balaban J connectivity index is 1.08. The van der Waals surface area contributed by atoms with Crippen molar-refractivity contribution in [3.63, 3.8) is 0 Å². The van der Waals surface area contributed by atoms with E-state index in [1.54, 1.807) is 0 Å². The number of aryl methyl sites for hydroxylation is 1. The van der Waals surface area contributed by atoms with Crippen molar-refractivity contribution in [1.82, 2.24) is 4.90 Å². The van der Waals surface area contributed by atoms with E-state index in [0.717, 1.165) is 71.6 Å². The molecule has 0 radical (unpaired) electrons. The molecule has 1 fully saturated rings. The summed E-state index contributed by atoms with van der Waals surface area (Å²) in [6.45, 7) is 5.24. The number of aliphatic hydroxyl groups is 2. The Morgan fingerprint density at radius 3 is 1.74 bits per heavy atom. The Morgan fingerprint density at radius 2 is 1.20 bits per heavy atom. The van der Waals surface area contributed by atoms with Crippen LogP contribution >= 0.6 is 11.6 Å². The summed E-state index contributed by atoms with van der Waals surface area (Å²) in [6, 6.07) is 43.7. The first-order valence-electron chi connectivity index (χ1n) is 16.2. The second-order valence-electron chi connectivity index (χ2n) is 12.5. The number of benzene rings is 5. The molecule has 0 aliphatic carbocycles. The minimum absolute atomic E-state index is 0.127. The van der Waals surface area contributed by atoms with E-state index >= 15 is 0 Å². The number of nitrogens with zero attached hydrogens (tertiary/aromatic N) is 1. The molecule has 1 saturated heterocycles. The maximum absolute atomic E-state index is 12.2. The van der Waals surface area contributed by atoms with E-state index in [9.17, 15) is 10.2 Å². The van der Waals surface area contributed by atoms with Crippen molar-refractivity contribution in [3.8, 4) is 5.75 Å². The average molecular weight is 632 g/mol. The first kappa shape index (κ1) is 32.0. The van der Waals surface area contributed by atoms with Gasteiger partial charge in [0.15, 0.2) is 0 Å². The Bertz CT molecular complexity index is 1630. The van der Waals surface area contributed by atoms with Crippen LogP contribution in [0.25, 0.3) is 0 Å². The fourth-order valence-electron chi connectivity index (χ4n) is 6.81. The minimum atomic E-state index is -1.20. The molecule has 236 valence electrons. The Kier molecular flexibility index (Phi) is 9.91. The highest BCUT2D eigenvalue weighted by Gasteiger charge is 2.41. The third-order valence-corrected chi connectivity index (χ3v) is 9.77. The van der Waals surface area contributed by atoms with E-state index in [1.165, 1.54) is 0 Å². The van der Waals surface area contributed by atoms with Gasteiger partial charge in [-0.25, -0.2) is 0 Å². The summed E-state index contributed by atoms with van der Waals surface area (Å²) >= 11 is 6.12. The van der Waals surface area contributed by atoms with Crippen molar-refractivity contribution in [2.45, 2.75) is 37.4 Å². The Labute approximate surface area is 277 Å². The van der Waals surface area contributed by atoms with Crippen LogP contribution in [0.5, 0.6) is 5.75 Å². The molecular weight excluding hydrogens is 590 g/mol. The fraction of sp³-hybridized carbons (Fsp3) is 0.268. The van der Waals surface area contributed by atoms with Crippen molar-refractivity contribution in [1.29, 1.82) is 0 Å². The summed E-state index contributed by atoms with van der Waals surface area (Å²) in [5, 5.41) is 25.0. The smallest absolute Gasteiger partial charge is 0.119 e. The molecule has 6 rings (SSSR count). The van der Waals surface area contributed by atoms with E-state index in [4.69, 9.17) is 16.3 Å². The van der Waals surface area contributed by atoms with Gasteiger partial charge in [0.2, 0.25) is 0 Å². The quantitative estimate of drug-likeness (QED) is 0.154. The lowest BCUT2D eigenvalue weighted by Gasteiger charge is -2.42. The lowest BCUT2D eigenvalue weighted by molar-refractivity contribution is -0.0153. The van der Waals surface area contributed by atoms with E-state index in [0.29, 0.717) is 18.1 Å². The Hall–Kier alpha value is -3.93. The molecule has 0 aromatic heterocycles.